The number of nitrogens with zero attached hydrogens (tertiary/aromatic N) is 5. The molecule has 4 rings (SSSR count). The highest BCUT2D eigenvalue weighted by molar-refractivity contribution is 7.85. The molecule has 4 heterocycles. The Kier molecular flexibility index (Phi) is 7.16. The van der Waals surface area contributed by atoms with Crippen molar-refractivity contribution in [3.8, 4) is 0 Å². The number of nitrogens with one attached hydrogen (secondary N) is 1. The van der Waals surface area contributed by atoms with Crippen LogP contribution in [0.1, 0.15) is 17.7 Å². The van der Waals surface area contributed by atoms with Crippen LogP contribution in [0, 0.1) is 0 Å². The lowest BCUT2D eigenvalue weighted by atomic mass is 10.2. The SMILES string of the molecule is CS(=O)(=O)O.FC1(F)CCN(c2nc(NCc3cccnc3C(F)(F)F)c3cccnc3n2)C1. The molecular weight excluding hydrogens is 487 g/mol. The summed E-state index contributed by atoms with van der Waals surface area (Å²) in [7, 11) is -3.67. The Morgan fingerprint density at radius 2 is 1.79 bits per heavy atom. The number of halogens is 5. The molecule has 1 saturated heterocycles. The number of rotatable bonds is 4. The van der Waals surface area contributed by atoms with Gasteiger partial charge in [-0.3, -0.25) is 9.54 Å². The summed E-state index contributed by atoms with van der Waals surface area (Å²) in [5.74, 6) is -2.57. The number of alkyl halides is 5. The molecule has 1 fully saturated rings. The molecule has 0 saturated carbocycles. The molecule has 34 heavy (non-hydrogen) atoms. The Balaban J connectivity index is 0.000000588. The van der Waals surface area contributed by atoms with Crippen molar-refractivity contribution in [2.75, 3.05) is 29.6 Å². The van der Waals surface area contributed by atoms with E-state index < -0.39 is 34.5 Å². The van der Waals surface area contributed by atoms with E-state index in [-0.39, 0.29) is 42.5 Å². The largest absolute Gasteiger partial charge is 0.433 e. The first kappa shape index (κ1) is 25.4. The topological polar surface area (TPSA) is 121 Å². The van der Waals surface area contributed by atoms with E-state index in [2.05, 4.69) is 25.3 Å². The maximum Gasteiger partial charge on any atom is 0.433 e. The fourth-order valence-electron chi connectivity index (χ4n) is 3.15. The van der Waals surface area contributed by atoms with Gasteiger partial charge in [-0.15, -0.1) is 0 Å². The minimum absolute atomic E-state index is 0.0538. The molecule has 2 N–H and O–H groups in total. The molecule has 0 amide bonds. The van der Waals surface area contributed by atoms with Gasteiger partial charge in [0, 0.05) is 37.5 Å². The molecule has 3 aromatic rings. The number of fused-ring (bicyclic) bond motifs is 1. The Bertz CT molecular complexity index is 1260. The van der Waals surface area contributed by atoms with Crippen LogP contribution in [0.25, 0.3) is 11.0 Å². The molecule has 9 nitrogen and oxygen atoms in total. The van der Waals surface area contributed by atoms with Crippen molar-refractivity contribution >= 4 is 32.9 Å². The molecule has 0 unspecified atom stereocenters. The van der Waals surface area contributed by atoms with E-state index in [1.165, 1.54) is 23.2 Å². The molecule has 3 aromatic heterocycles. The summed E-state index contributed by atoms with van der Waals surface area (Å²) in [6.45, 7) is -0.656. The Hall–Kier alpha value is -3.20. The van der Waals surface area contributed by atoms with Crippen molar-refractivity contribution in [3.05, 3.63) is 47.9 Å². The van der Waals surface area contributed by atoms with Crippen molar-refractivity contribution in [1.82, 2.24) is 19.9 Å². The fourth-order valence-corrected chi connectivity index (χ4v) is 3.15. The number of hydrogen-bond donors (Lipinski definition) is 2. The lowest BCUT2D eigenvalue weighted by Crippen LogP contribution is -2.26. The summed E-state index contributed by atoms with van der Waals surface area (Å²) >= 11 is 0. The number of hydrogen-bond acceptors (Lipinski definition) is 8. The lowest BCUT2D eigenvalue weighted by Gasteiger charge is -2.18. The second-order valence-corrected chi connectivity index (χ2v) is 8.84. The molecule has 0 spiro atoms. The van der Waals surface area contributed by atoms with Gasteiger partial charge in [-0.05, 0) is 18.2 Å². The molecule has 0 aliphatic carbocycles. The molecule has 184 valence electrons. The normalized spacial score (nSPS) is 15.7. The Morgan fingerprint density at radius 3 is 2.41 bits per heavy atom. The lowest BCUT2D eigenvalue weighted by molar-refractivity contribution is -0.141. The highest BCUT2D eigenvalue weighted by Crippen LogP contribution is 2.32. The summed E-state index contributed by atoms with van der Waals surface area (Å²) in [5, 5.41) is 3.33. The van der Waals surface area contributed by atoms with Gasteiger partial charge in [0.15, 0.2) is 5.65 Å². The van der Waals surface area contributed by atoms with Gasteiger partial charge in [-0.2, -0.15) is 31.6 Å². The van der Waals surface area contributed by atoms with Crippen LogP contribution in [0.5, 0.6) is 0 Å². The predicted molar refractivity (Wildman–Crippen MR) is 113 cm³/mol. The zero-order valence-electron chi connectivity index (χ0n) is 17.6. The molecule has 0 aromatic carbocycles. The van der Waals surface area contributed by atoms with Gasteiger partial charge in [-0.1, -0.05) is 6.07 Å². The molecule has 0 bridgehead atoms. The van der Waals surface area contributed by atoms with Crippen LogP contribution >= 0.6 is 0 Å². The first-order valence-corrected chi connectivity index (χ1v) is 11.5. The average molecular weight is 506 g/mol. The Labute approximate surface area is 190 Å². The van der Waals surface area contributed by atoms with Crippen molar-refractivity contribution < 1.29 is 34.9 Å². The summed E-state index contributed by atoms with van der Waals surface area (Å²) in [5.41, 5.74) is -0.800. The van der Waals surface area contributed by atoms with E-state index >= 15 is 0 Å². The zero-order valence-corrected chi connectivity index (χ0v) is 18.4. The zero-order chi connectivity index (χ0) is 25.1. The molecule has 15 heteroatoms. The molecular formula is C19H19F5N6O3S. The summed E-state index contributed by atoms with van der Waals surface area (Å²) in [6.07, 6.45) is -1.64. The van der Waals surface area contributed by atoms with Gasteiger partial charge in [0.05, 0.1) is 18.2 Å². The fraction of sp³-hybridized carbons (Fsp3) is 0.368. The van der Waals surface area contributed by atoms with Crippen LogP contribution in [0.15, 0.2) is 36.7 Å². The van der Waals surface area contributed by atoms with Gasteiger partial charge in [-0.25, -0.2) is 13.8 Å². The third-order valence-corrected chi connectivity index (χ3v) is 4.52. The number of aromatic nitrogens is 4. The van der Waals surface area contributed by atoms with Gasteiger partial charge >= 0.3 is 6.18 Å². The van der Waals surface area contributed by atoms with E-state index in [9.17, 15) is 30.4 Å². The minimum atomic E-state index is -4.60. The van der Waals surface area contributed by atoms with E-state index in [1.807, 2.05) is 0 Å². The molecule has 0 radical (unpaired) electrons. The Morgan fingerprint density at radius 1 is 1.15 bits per heavy atom. The second-order valence-electron chi connectivity index (χ2n) is 7.37. The van der Waals surface area contributed by atoms with Crippen molar-refractivity contribution in [2.24, 2.45) is 0 Å². The van der Waals surface area contributed by atoms with Crippen LogP contribution in [-0.4, -0.2) is 58.2 Å². The number of pyridine rings is 2. The smallest absolute Gasteiger partial charge is 0.365 e. The highest BCUT2D eigenvalue weighted by atomic mass is 32.2. The quantitative estimate of drug-likeness (QED) is 0.405. The summed E-state index contributed by atoms with van der Waals surface area (Å²) < 4.78 is 92.5. The first-order valence-electron chi connectivity index (χ1n) is 9.66. The molecule has 1 aliphatic heterocycles. The second kappa shape index (κ2) is 9.58. The van der Waals surface area contributed by atoms with Crippen LogP contribution in [0.3, 0.4) is 0 Å². The monoisotopic (exact) mass is 506 g/mol. The van der Waals surface area contributed by atoms with Crippen molar-refractivity contribution in [3.63, 3.8) is 0 Å². The number of anilines is 2. The third-order valence-electron chi connectivity index (χ3n) is 4.52. The third kappa shape index (κ3) is 6.90. The highest BCUT2D eigenvalue weighted by Gasteiger charge is 2.39. The van der Waals surface area contributed by atoms with Gasteiger partial charge < -0.3 is 10.2 Å². The van der Waals surface area contributed by atoms with Gasteiger partial charge in [0.1, 0.15) is 11.5 Å². The molecule has 1 aliphatic rings. The van der Waals surface area contributed by atoms with Crippen LogP contribution in [-0.2, 0) is 22.8 Å². The standard InChI is InChI=1S/C18H15F5N6.CH4O3S/c19-17(20)5-8-29(10-17)16-27-14-12(4-2-7-25-14)15(28-16)26-9-11-3-1-6-24-13(11)18(21,22)23;1-5(2,3)4/h1-4,6-7H,5,8-10H2,(H,25,26,27,28);1H3,(H,2,3,4). The summed E-state index contributed by atoms with van der Waals surface area (Å²) in [4.78, 5) is 17.4. The van der Waals surface area contributed by atoms with Crippen LogP contribution in [0.2, 0.25) is 0 Å². The molecule has 0 atom stereocenters. The average Bonchev–Trinajstić information content (AvgIpc) is 3.10. The maximum absolute atomic E-state index is 13.6. The minimum Gasteiger partial charge on any atom is -0.365 e. The van der Waals surface area contributed by atoms with E-state index in [4.69, 9.17) is 4.55 Å². The first-order chi connectivity index (χ1) is 15.7. The predicted octanol–water partition coefficient (Wildman–Crippen LogP) is 3.40. The maximum atomic E-state index is 13.6. The van der Waals surface area contributed by atoms with Crippen molar-refractivity contribution in [2.45, 2.75) is 25.1 Å². The van der Waals surface area contributed by atoms with E-state index in [0.29, 0.717) is 11.6 Å². The van der Waals surface area contributed by atoms with E-state index in [0.717, 1.165) is 6.20 Å². The van der Waals surface area contributed by atoms with Crippen LogP contribution in [0.4, 0.5) is 33.7 Å². The van der Waals surface area contributed by atoms with Crippen molar-refractivity contribution in [1.29, 1.82) is 0 Å². The van der Waals surface area contributed by atoms with Gasteiger partial charge in [0.2, 0.25) is 5.95 Å². The van der Waals surface area contributed by atoms with Crippen LogP contribution < -0.4 is 10.2 Å². The summed E-state index contributed by atoms with van der Waals surface area (Å²) in [6, 6.07) is 6.00. The van der Waals surface area contributed by atoms with E-state index in [1.54, 1.807) is 12.1 Å². The van der Waals surface area contributed by atoms with Gasteiger partial charge in [0.25, 0.3) is 16.0 Å².